The Labute approximate surface area is 122 Å². The number of hydrogen-bond donors (Lipinski definition) is 1. The number of nitrogens with zero attached hydrogens (tertiary/aromatic N) is 1. The predicted molar refractivity (Wildman–Crippen MR) is 74.6 cm³/mol. The van der Waals surface area contributed by atoms with Crippen LogP contribution < -0.4 is 5.32 Å². The molecule has 1 unspecified atom stereocenters. The van der Waals surface area contributed by atoms with Crippen molar-refractivity contribution in [3.05, 3.63) is 29.8 Å². The number of benzene rings is 1. The van der Waals surface area contributed by atoms with Gasteiger partial charge in [0.1, 0.15) is 17.7 Å². The van der Waals surface area contributed by atoms with Crippen LogP contribution in [0.25, 0.3) is 0 Å². The van der Waals surface area contributed by atoms with Gasteiger partial charge in [0.25, 0.3) is 0 Å². The molecule has 1 aromatic carbocycles. The maximum Gasteiger partial charge on any atom is 0.247 e. The summed E-state index contributed by atoms with van der Waals surface area (Å²) in [6, 6.07) is 2.36. The lowest BCUT2D eigenvalue weighted by molar-refractivity contribution is -0.139. The first-order chi connectivity index (χ1) is 9.90. The van der Waals surface area contributed by atoms with Crippen molar-refractivity contribution in [2.24, 2.45) is 5.92 Å². The molecule has 1 aliphatic heterocycles. The molecule has 2 amide bonds. The number of anilines is 1. The number of carbonyl (C=O) groups excluding carboxylic acids is 2. The third-order valence-electron chi connectivity index (χ3n) is 3.52. The molecule has 1 heterocycles. The quantitative estimate of drug-likeness (QED) is 0.932. The van der Waals surface area contributed by atoms with Crippen LogP contribution in [0.5, 0.6) is 0 Å². The molecule has 1 aliphatic rings. The zero-order chi connectivity index (χ0) is 15.6. The molecule has 1 saturated heterocycles. The van der Waals surface area contributed by atoms with Crippen molar-refractivity contribution in [1.82, 2.24) is 4.90 Å². The number of halogens is 2. The Balaban J connectivity index is 2.10. The lowest BCUT2D eigenvalue weighted by Crippen LogP contribution is -2.44. The molecule has 114 valence electrons. The van der Waals surface area contributed by atoms with E-state index >= 15 is 0 Å². The van der Waals surface area contributed by atoms with Crippen molar-refractivity contribution in [3.63, 3.8) is 0 Å². The molecule has 1 atom stereocenters. The van der Waals surface area contributed by atoms with Crippen LogP contribution in [-0.4, -0.2) is 29.3 Å². The molecular weight excluding hydrogens is 278 g/mol. The fraction of sp³-hybridized carbons (Fsp3) is 0.467. The normalized spacial score (nSPS) is 18.1. The average molecular weight is 296 g/mol. The van der Waals surface area contributed by atoms with E-state index in [4.69, 9.17) is 0 Å². The van der Waals surface area contributed by atoms with Crippen LogP contribution in [0.2, 0.25) is 0 Å². The highest BCUT2D eigenvalue weighted by Gasteiger charge is 2.35. The smallest absolute Gasteiger partial charge is 0.247 e. The third-order valence-corrected chi connectivity index (χ3v) is 3.52. The molecule has 0 aliphatic carbocycles. The third kappa shape index (κ3) is 3.37. The zero-order valence-electron chi connectivity index (χ0n) is 12.0. The van der Waals surface area contributed by atoms with Crippen molar-refractivity contribution in [1.29, 1.82) is 0 Å². The summed E-state index contributed by atoms with van der Waals surface area (Å²) in [4.78, 5) is 25.8. The highest BCUT2D eigenvalue weighted by Crippen LogP contribution is 2.22. The van der Waals surface area contributed by atoms with Crippen LogP contribution >= 0.6 is 0 Å². The Morgan fingerprint density at radius 2 is 2.05 bits per heavy atom. The molecule has 0 radical (unpaired) electrons. The highest BCUT2D eigenvalue weighted by molar-refractivity contribution is 5.97. The average Bonchev–Trinajstić information content (AvgIpc) is 2.90. The lowest BCUT2D eigenvalue weighted by Gasteiger charge is -2.25. The molecule has 2 rings (SSSR count). The van der Waals surface area contributed by atoms with Gasteiger partial charge in [0.2, 0.25) is 11.8 Å². The van der Waals surface area contributed by atoms with Gasteiger partial charge in [-0.1, -0.05) is 13.8 Å². The Morgan fingerprint density at radius 3 is 2.67 bits per heavy atom. The number of carbonyl (C=O) groups is 2. The number of hydrogen-bond acceptors (Lipinski definition) is 2. The lowest BCUT2D eigenvalue weighted by atomic mass is 10.1. The number of rotatable bonds is 3. The highest BCUT2D eigenvalue weighted by atomic mass is 19.1. The second-order valence-corrected chi connectivity index (χ2v) is 5.46. The van der Waals surface area contributed by atoms with Crippen LogP contribution in [0.1, 0.15) is 26.7 Å². The van der Waals surface area contributed by atoms with Gasteiger partial charge in [-0.25, -0.2) is 8.78 Å². The molecule has 21 heavy (non-hydrogen) atoms. The van der Waals surface area contributed by atoms with Gasteiger partial charge in [0, 0.05) is 18.5 Å². The largest absolute Gasteiger partial charge is 0.330 e. The Hall–Kier alpha value is -1.98. The molecule has 0 aromatic heterocycles. The van der Waals surface area contributed by atoms with Crippen LogP contribution in [0.4, 0.5) is 14.5 Å². The van der Waals surface area contributed by atoms with E-state index < -0.39 is 23.6 Å². The van der Waals surface area contributed by atoms with Crippen molar-refractivity contribution in [2.75, 3.05) is 11.9 Å². The van der Waals surface area contributed by atoms with Gasteiger partial charge in [-0.05, 0) is 25.0 Å². The van der Waals surface area contributed by atoms with Crippen LogP contribution in [0.15, 0.2) is 18.2 Å². The first-order valence-electron chi connectivity index (χ1n) is 6.96. The minimum Gasteiger partial charge on any atom is -0.330 e. The summed E-state index contributed by atoms with van der Waals surface area (Å²) >= 11 is 0. The topological polar surface area (TPSA) is 49.4 Å². The molecule has 1 fully saturated rings. The molecule has 1 aromatic rings. The maximum atomic E-state index is 13.5. The molecule has 0 bridgehead atoms. The summed E-state index contributed by atoms with van der Waals surface area (Å²) in [7, 11) is 0. The van der Waals surface area contributed by atoms with Crippen molar-refractivity contribution in [3.8, 4) is 0 Å². The van der Waals surface area contributed by atoms with E-state index in [9.17, 15) is 18.4 Å². The van der Waals surface area contributed by atoms with E-state index in [2.05, 4.69) is 5.32 Å². The van der Waals surface area contributed by atoms with E-state index in [0.29, 0.717) is 19.0 Å². The van der Waals surface area contributed by atoms with E-state index in [-0.39, 0.29) is 17.5 Å². The van der Waals surface area contributed by atoms with Gasteiger partial charge in [0.05, 0.1) is 5.69 Å². The molecule has 0 spiro atoms. The van der Waals surface area contributed by atoms with Gasteiger partial charge >= 0.3 is 0 Å². The van der Waals surface area contributed by atoms with Gasteiger partial charge in [-0.15, -0.1) is 0 Å². The summed E-state index contributed by atoms with van der Waals surface area (Å²) < 4.78 is 26.4. The van der Waals surface area contributed by atoms with E-state index in [1.165, 1.54) is 11.0 Å². The Kier molecular flexibility index (Phi) is 4.55. The fourth-order valence-corrected chi connectivity index (χ4v) is 2.44. The van der Waals surface area contributed by atoms with Crippen molar-refractivity contribution >= 4 is 17.5 Å². The SMILES string of the molecule is CC(C)C(=O)N1CCCC1C(=O)Nc1ccc(F)cc1F. The van der Waals surface area contributed by atoms with E-state index in [0.717, 1.165) is 12.5 Å². The molecule has 6 heteroatoms. The van der Waals surface area contributed by atoms with Crippen molar-refractivity contribution in [2.45, 2.75) is 32.7 Å². The fourth-order valence-electron chi connectivity index (χ4n) is 2.44. The standard InChI is InChI=1S/C15H18F2N2O2/c1-9(2)15(21)19-7-3-4-13(19)14(20)18-12-6-5-10(16)8-11(12)17/h5-6,8-9,13H,3-4,7H2,1-2H3,(H,18,20). The number of likely N-dealkylation sites (tertiary alicyclic amines) is 1. The summed E-state index contributed by atoms with van der Waals surface area (Å²) in [5.41, 5.74) is -0.0785. The van der Waals surface area contributed by atoms with Gasteiger partial charge in [0.15, 0.2) is 0 Å². The maximum absolute atomic E-state index is 13.5. The second-order valence-electron chi connectivity index (χ2n) is 5.46. The minimum atomic E-state index is -0.830. The predicted octanol–water partition coefficient (Wildman–Crippen LogP) is 2.55. The van der Waals surface area contributed by atoms with E-state index in [1.807, 2.05) is 0 Å². The zero-order valence-corrected chi connectivity index (χ0v) is 12.0. The summed E-state index contributed by atoms with van der Waals surface area (Å²) in [5.74, 6) is -2.26. The molecular formula is C15H18F2N2O2. The van der Waals surface area contributed by atoms with Crippen LogP contribution in [-0.2, 0) is 9.59 Å². The van der Waals surface area contributed by atoms with Gasteiger partial charge in [-0.3, -0.25) is 9.59 Å². The minimum absolute atomic E-state index is 0.0785. The monoisotopic (exact) mass is 296 g/mol. The first-order valence-corrected chi connectivity index (χ1v) is 6.96. The molecule has 0 saturated carbocycles. The molecule has 4 nitrogen and oxygen atoms in total. The summed E-state index contributed by atoms with van der Waals surface area (Å²) in [5, 5.41) is 2.43. The Bertz CT molecular complexity index is 561. The van der Waals surface area contributed by atoms with Crippen molar-refractivity contribution < 1.29 is 18.4 Å². The van der Waals surface area contributed by atoms with Crippen LogP contribution in [0.3, 0.4) is 0 Å². The second kappa shape index (κ2) is 6.20. The van der Waals surface area contributed by atoms with E-state index in [1.54, 1.807) is 13.8 Å². The Morgan fingerprint density at radius 1 is 1.33 bits per heavy atom. The first kappa shape index (κ1) is 15.4. The number of nitrogens with one attached hydrogen (secondary N) is 1. The summed E-state index contributed by atoms with van der Waals surface area (Å²) in [6.45, 7) is 4.07. The van der Waals surface area contributed by atoms with Crippen LogP contribution in [0, 0.1) is 17.6 Å². The van der Waals surface area contributed by atoms with Gasteiger partial charge in [-0.2, -0.15) is 0 Å². The molecule has 1 N–H and O–H groups in total. The van der Waals surface area contributed by atoms with Gasteiger partial charge < -0.3 is 10.2 Å². The summed E-state index contributed by atoms with van der Waals surface area (Å²) in [6.07, 6.45) is 1.29. The number of amides is 2.